The molecule has 3 heteroatoms. The molecule has 0 amide bonds. The molecule has 1 fully saturated rings. The third kappa shape index (κ3) is 23.4. The van der Waals surface area contributed by atoms with Crippen molar-refractivity contribution in [1.29, 1.82) is 0 Å². The molecule has 1 aliphatic rings. The second-order valence-electron chi connectivity index (χ2n) is 7.41. The van der Waals surface area contributed by atoms with E-state index in [2.05, 4.69) is 6.92 Å². The van der Waals surface area contributed by atoms with Gasteiger partial charge in [0.15, 0.2) is 0 Å². The van der Waals surface area contributed by atoms with Crippen LogP contribution in [0.2, 0.25) is 0 Å². The van der Waals surface area contributed by atoms with Crippen LogP contribution in [0, 0.1) is 0 Å². The summed E-state index contributed by atoms with van der Waals surface area (Å²) in [7, 11) is 0. The Balaban J connectivity index is 0.000000972. The van der Waals surface area contributed by atoms with Gasteiger partial charge in [-0.25, -0.2) is 0 Å². The normalized spacial score (nSPS) is 13.5. The van der Waals surface area contributed by atoms with Gasteiger partial charge < -0.3 is 9.84 Å². The van der Waals surface area contributed by atoms with E-state index in [0.717, 1.165) is 26.1 Å². The molecule has 0 spiro atoms. The van der Waals surface area contributed by atoms with Crippen molar-refractivity contribution < 1.29 is 14.6 Å². The minimum atomic E-state index is -0.653. The summed E-state index contributed by atoms with van der Waals surface area (Å²) in [6, 6.07) is 0. The van der Waals surface area contributed by atoms with Gasteiger partial charge in [-0.15, -0.1) is 0 Å². The Kier molecular flexibility index (Phi) is 21.0. The summed E-state index contributed by atoms with van der Waals surface area (Å²) in [4.78, 5) is 10.3. The molecular weight excluding hydrogens is 312 g/mol. The molecule has 0 unspecified atom stereocenters. The van der Waals surface area contributed by atoms with Crippen LogP contribution in [0.25, 0.3) is 0 Å². The highest BCUT2D eigenvalue weighted by atomic mass is 16.5. The fourth-order valence-electron chi connectivity index (χ4n) is 3.16. The predicted octanol–water partition coefficient (Wildman–Crippen LogP) is 7.13. The molecule has 0 aromatic heterocycles. The molecule has 0 aromatic carbocycles. The summed E-state index contributed by atoms with van der Waals surface area (Å²) < 4.78 is 4.94. The Labute approximate surface area is 156 Å². The van der Waals surface area contributed by atoms with Crippen molar-refractivity contribution in [2.75, 3.05) is 13.2 Å². The van der Waals surface area contributed by atoms with Crippen LogP contribution in [-0.4, -0.2) is 24.3 Å². The zero-order valence-corrected chi connectivity index (χ0v) is 16.9. The van der Waals surface area contributed by atoms with Gasteiger partial charge in [0.25, 0.3) is 0 Å². The van der Waals surface area contributed by atoms with Crippen LogP contribution in [0.3, 0.4) is 0 Å². The molecule has 0 saturated carbocycles. The quantitative estimate of drug-likeness (QED) is 0.299. The van der Waals surface area contributed by atoms with Crippen LogP contribution in [0.15, 0.2) is 0 Å². The number of carboxylic acid groups (broad SMARTS) is 1. The average Bonchev–Trinajstić information content (AvgIpc) is 3.18. The lowest BCUT2D eigenvalue weighted by atomic mass is 10.0. The third-order valence-electron chi connectivity index (χ3n) is 4.82. The monoisotopic (exact) mass is 356 g/mol. The maximum Gasteiger partial charge on any atom is 0.303 e. The summed E-state index contributed by atoms with van der Waals surface area (Å²) in [5.74, 6) is -0.653. The van der Waals surface area contributed by atoms with E-state index in [1.807, 2.05) is 0 Å². The first-order valence-corrected chi connectivity index (χ1v) is 11.1. The first kappa shape index (κ1) is 24.4. The van der Waals surface area contributed by atoms with E-state index in [9.17, 15) is 4.79 Å². The summed E-state index contributed by atoms with van der Waals surface area (Å²) in [6.45, 7) is 4.27. The summed E-state index contributed by atoms with van der Waals surface area (Å²) in [5.41, 5.74) is 0. The largest absolute Gasteiger partial charge is 0.481 e. The van der Waals surface area contributed by atoms with Crippen LogP contribution in [-0.2, 0) is 9.53 Å². The van der Waals surface area contributed by atoms with Gasteiger partial charge in [-0.05, 0) is 19.3 Å². The van der Waals surface area contributed by atoms with Crippen molar-refractivity contribution in [3.63, 3.8) is 0 Å². The van der Waals surface area contributed by atoms with Crippen LogP contribution in [0.4, 0.5) is 0 Å². The molecule has 1 heterocycles. The predicted molar refractivity (Wildman–Crippen MR) is 107 cm³/mol. The van der Waals surface area contributed by atoms with Crippen molar-refractivity contribution >= 4 is 5.97 Å². The molecular formula is C22H44O3. The van der Waals surface area contributed by atoms with Crippen LogP contribution in [0.5, 0.6) is 0 Å². The summed E-state index contributed by atoms with van der Waals surface area (Å²) in [6.07, 6.45) is 22.8. The molecule has 0 aliphatic carbocycles. The number of carbonyl (C=O) groups is 1. The maximum atomic E-state index is 10.3. The molecule has 150 valence electrons. The van der Waals surface area contributed by atoms with Crippen molar-refractivity contribution in [1.82, 2.24) is 0 Å². The SMILES string of the molecule is C1CCOC1.CCCCCCCCCCCCCCCCCC(=O)O. The molecule has 1 saturated heterocycles. The Morgan fingerprint density at radius 2 is 1.04 bits per heavy atom. The van der Waals surface area contributed by atoms with Gasteiger partial charge in [0.2, 0.25) is 0 Å². The highest BCUT2D eigenvalue weighted by Crippen LogP contribution is 2.13. The molecule has 0 atom stereocenters. The molecule has 0 radical (unpaired) electrons. The fourth-order valence-corrected chi connectivity index (χ4v) is 3.16. The Morgan fingerprint density at radius 3 is 1.32 bits per heavy atom. The lowest BCUT2D eigenvalue weighted by Gasteiger charge is -2.03. The molecule has 25 heavy (non-hydrogen) atoms. The smallest absolute Gasteiger partial charge is 0.303 e. The number of rotatable bonds is 16. The highest BCUT2D eigenvalue weighted by molar-refractivity contribution is 5.66. The molecule has 1 rings (SSSR count). The summed E-state index contributed by atoms with van der Waals surface area (Å²) >= 11 is 0. The summed E-state index contributed by atoms with van der Waals surface area (Å²) in [5, 5.41) is 8.52. The van der Waals surface area contributed by atoms with Gasteiger partial charge in [0, 0.05) is 19.6 Å². The van der Waals surface area contributed by atoms with Crippen molar-refractivity contribution in [2.45, 2.75) is 122 Å². The minimum absolute atomic E-state index is 0.345. The second kappa shape index (κ2) is 21.5. The molecule has 3 nitrogen and oxygen atoms in total. The number of hydrogen-bond acceptors (Lipinski definition) is 2. The van der Waals surface area contributed by atoms with Crippen LogP contribution >= 0.6 is 0 Å². The zero-order chi connectivity index (χ0) is 18.4. The van der Waals surface area contributed by atoms with Gasteiger partial charge in [-0.2, -0.15) is 0 Å². The van der Waals surface area contributed by atoms with E-state index in [0.29, 0.717) is 6.42 Å². The van der Waals surface area contributed by atoms with Gasteiger partial charge in [0.1, 0.15) is 0 Å². The van der Waals surface area contributed by atoms with Gasteiger partial charge >= 0.3 is 5.97 Å². The molecule has 0 aromatic rings. The average molecular weight is 357 g/mol. The number of unbranched alkanes of at least 4 members (excludes halogenated alkanes) is 14. The second-order valence-corrected chi connectivity index (χ2v) is 7.41. The standard InChI is InChI=1S/C18H36O2.C4H8O/c1-2-3-4-5-6-7-8-9-10-11-12-13-14-15-16-17-18(19)20;1-2-4-5-3-1/h2-17H2,1H3,(H,19,20);1-4H2. The Bertz CT molecular complexity index is 254. The topological polar surface area (TPSA) is 46.5 Å². The van der Waals surface area contributed by atoms with Crippen LogP contribution < -0.4 is 0 Å². The van der Waals surface area contributed by atoms with Crippen molar-refractivity contribution in [3.8, 4) is 0 Å². The van der Waals surface area contributed by atoms with Crippen LogP contribution in [0.1, 0.15) is 122 Å². The minimum Gasteiger partial charge on any atom is -0.481 e. The Morgan fingerprint density at radius 1 is 0.680 bits per heavy atom. The third-order valence-corrected chi connectivity index (χ3v) is 4.82. The first-order chi connectivity index (χ1) is 12.3. The number of carboxylic acids is 1. The fraction of sp³-hybridized carbons (Fsp3) is 0.955. The number of hydrogen-bond donors (Lipinski definition) is 1. The van der Waals surface area contributed by atoms with Crippen molar-refractivity contribution in [3.05, 3.63) is 0 Å². The van der Waals surface area contributed by atoms with E-state index in [4.69, 9.17) is 9.84 Å². The molecule has 0 bridgehead atoms. The van der Waals surface area contributed by atoms with E-state index >= 15 is 0 Å². The van der Waals surface area contributed by atoms with Gasteiger partial charge in [0.05, 0.1) is 0 Å². The van der Waals surface area contributed by atoms with Gasteiger partial charge in [-0.3, -0.25) is 4.79 Å². The number of aliphatic carboxylic acids is 1. The first-order valence-electron chi connectivity index (χ1n) is 11.1. The van der Waals surface area contributed by atoms with E-state index in [1.165, 1.54) is 96.3 Å². The van der Waals surface area contributed by atoms with Gasteiger partial charge in [-0.1, -0.05) is 96.8 Å². The van der Waals surface area contributed by atoms with Crippen molar-refractivity contribution in [2.24, 2.45) is 0 Å². The highest BCUT2D eigenvalue weighted by Gasteiger charge is 1.97. The lowest BCUT2D eigenvalue weighted by molar-refractivity contribution is -0.137. The Hall–Kier alpha value is -0.570. The zero-order valence-electron chi connectivity index (χ0n) is 16.9. The maximum absolute atomic E-state index is 10.3. The molecule has 1 N–H and O–H groups in total. The van der Waals surface area contributed by atoms with E-state index in [-0.39, 0.29) is 0 Å². The van der Waals surface area contributed by atoms with E-state index < -0.39 is 5.97 Å². The van der Waals surface area contributed by atoms with E-state index in [1.54, 1.807) is 0 Å². The number of ether oxygens (including phenoxy) is 1. The lowest BCUT2D eigenvalue weighted by Crippen LogP contribution is -1.93. The molecule has 1 aliphatic heterocycles.